The third-order valence-electron chi connectivity index (χ3n) is 5.79. The minimum atomic E-state index is -0.902. The highest BCUT2D eigenvalue weighted by Gasteiger charge is 2.40. The molecule has 3 heterocycles. The third kappa shape index (κ3) is 2.51. The lowest BCUT2D eigenvalue weighted by Crippen LogP contribution is -2.38. The number of aromatic nitrogens is 3. The Hall–Kier alpha value is -4.07. The number of fused-ring (bicyclic) bond motifs is 3. The summed E-state index contributed by atoms with van der Waals surface area (Å²) in [5, 5.41) is 1.45. The smallest absolute Gasteiger partial charge is 0.340 e. The van der Waals surface area contributed by atoms with Crippen molar-refractivity contribution in [2.75, 3.05) is 6.61 Å². The lowest BCUT2D eigenvalue weighted by Gasteiger charge is -2.18. The van der Waals surface area contributed by atoms with Crippen LogP contribution in [0.4, 0.5) is 0 Å². The molecule has 0 spiro atoms. The first-order valence-corrected chi connectivity index (χ1v) is 9.93. The summed E-state index contributed by atoms with van der Waals surface area (Å²) >= 11 is 0. The summed E-state index contributed by atoms with van der Waals surface area (Å²) < 4.78 is 9.51. The molecule has 0 aliphatic carbocycles. The number of benzene rings is 2. The topological polar surface area (TPSA) is 101 Å². The van der Waals surface area contributed by atoms with Crippen LogP contribution < -0.4 is 16.9 Å². The number of carbonyl (C=O) groups excluding carboxylic acids is 1. The van der Waals surface area contributed by atoms with Crippen LogP contribution >= 0.6 is 0 Å². The molecular formula is C23H20N4O4. The van der Waals surface area contributed by atoms with E-state index in [-0.39, 0.29) is 28.8 Å². The van der Waals surface area contributed by atoms with E-state index >= 15 is 0 Å². The summed E-state index contributed by atoms with van der Waals surface area (Å²) in [6.45, 7) is 1.83. The highest BCUT2D eigenvalue weighted by atomic mass is 16.5. The molecule has 8 heteroatoms. The van der Waals surface area contributed by atoms with Crippen LogP contribution in [0, 0.1) is 0 Å². The van der Waals surface area contributed by atoms with Gasteiger partial charge in [-0.15, -0.1) is 0 Å². The molecule has 1 aliphatic heterocycles. The lowest BCUT2D eigenvalue weighted by atomic mass is 10.0. The van der Waals surface area contributed by atoms with E-state index in [9.17, 15) is 14.4 Å². The van der Waals surface area contributed by atoms with Gasteiger partial charge in [0.05, 0.1) is 17.4 Å². The molecule has 2 aromatic carbocycles. The van der Waals surface area contributed by atoms with Gasteiger partial charge in [0.1, 0.15) is 17.4 Å². The quantitative estimate of drug-likeness (QED) is 0.515. The van der Waals surface area contributed by atoms with Crippen LogP contribution in [0.25, 0.3) is 27.5 Å². The van der Waals surface area contributed by atoms with Crippen molar-refractivity contribution < 1.29 is 9.53 Å². The van der Waals surface area contributed by atoms with E-state index in [0.29, 0.717) is 5.69 Å². The number of rotatable bonds is 3. The zero-order valence-corrected chi connectivity index (χ0v) is 17.0. The van der Waals surface area contributed by atoms with Gasteiger partial charge >= 0.3 is 5.97 Å². The molecule has 0 fully saturated rings. The number of hydrogen-bond acceptors (Lipinski definition) is 5. The first kappa shape index (κ1) is 18.9. The molecule has 2 N–H and O–H groups in total. The van der Waals surface area contributed by atoms with Gasteiger partial charge < -0.3 is 15.0 Å². The Morgan fingerprint density at radius 2 is 1.68 bits per heavy atom. The molecule has 1 atom stereocenters. The summed E-state index contributed by atoms with van der Waals surface area (Å²) in [5.41, 5.74) is 7.10. The molecule has 4 aromatic rings. The SMILES string of the molecule is CCOC(=O)C1=C(N)n2c(=O)c3ccccc3c(=O)n2C1c1cc2ccccc2n1C. The third-order valence-corrected chi connectivity index (χ3v) is 5.79. The first-order valence-electron chi connectivity index (χ1n) is 9.93. The van der Waals surface area contributed by atoms with Crippen molar-refractivity contribution in [2.24, 2.45) is 12.8 Å². The summed E-state index contributed by atoms with van der Waals surface area (Å²) in [5.74, 6) is -0.754. The number of carbonyl (C=O) groups is 1. The van der Waals surface area contributed by atoms with Crippen LogP contribution in [0.15, 0.2) is 69.8 Å². The zero-order chi connectivity index (χ0) is 21.9. The summed E-state index contributed by atoms with van der Waals surface area (Å²) in [7, 11) is 1.85. The predicted octanol–water partition coefficient (Wildman–Crippen LogP) is 1.95. The Morgan fingerprint density at radius 3 is 2.35 bits per heavy atom. The number of nitrogens with two attached hydrogens (primary N) is 1. The maximum absolute atomic E-state index is 13.5. The van der Waals surface area contributed by atoms with Gasteiger partial charge in [0.25, 0.3) is 11.1 Å². The normalized spacial score (nSPS) is 15.6. The largest absolute Gasteiger partial charge is 0.462 e. The van der Waals surface area contributed by atoms with E-state index in [2.05, 4.69) is 0 Å². The Bertz CT molecular complexity index is 1540. The van der Waals surface area contributed by atoms with Crippen molar-refractivity contribution in [2.45, 2.75) is 13.0 Å². The van der Waals surface area contributed by atoms with Crippen molar-refractivity contribution in [3.63, 3.8) is 0 Å². The van der Waals surface area contributed by atoms with Gasteiger partial charge in [-0.1, -0.05) is 30.3 Å². The molecule has 0 saturated heterocycles. The molecule has 0 bridgehead atoms. The molecular weight excluding hydrogens is 396 g/mol. The predicted molar refractivity (Wildman–Crippen MR) is 118 cm³/mol. The molecule has 0 saturated carbocycles. The van der Waals surface area contributed by atoms with Crippen LogP contribution in [0.1, 0.15) is 18.7 Å². The first-order chi connectivity index (χ1) is 15.0. The highest BCUT2D eigenvalue weighted by Crippen LogP contribution is 2.36. The van der Waals surface area contributed by atoms with E-state index in [0.717, 1.165) is 15.6 Å². The second-order valence-electron chi connectivity index (χ2n) is 7.42. The van der Waals surface area contributed by atoms with Crippen LogP contribution in [0.3, 0.4) is 0 Å². The molecule has 1 unspecified atom stereocenters. The number of esters is 1. The average Bonchev–Trinajstić information content (AvgIpc) is 3.27. The molecule has 2 aromatic heterocycles. The van der Waals surface area contributed by atoms with Crippen molar-refractivity contribution in [1.29, 1.82) is 0 Å². The van der Waals surface area contributed by atoms with Gasteiger partial charge in [-0.2, -0.15) is 4.68 Å². The van der Waals surface area contributed by atoms with Gasteiger partial charge in [0.2, 0.25) is 0 Å². The second kappa shape index (κ2) is 6.73. The van der Waals surface area contributed by atoms with Crippen LogP contribution in [0.2, 0.25) is 0 Å². The van der Waals surface area contributed by atoms with Crippen LogP contribution in [0.5, 0.6) is 0 Å². The monoisotopic (exact) mass is 416 g/mol. The summed E-state index contributed by atoms with van der Waals surface area (Å²) in [6, 6.07) is 15.3. The maximum Gasteiger partial charge on any atom is 0.340 e. The number of nitrogens with zero attached hydrogens (tertiary/aromatic N) is 3. The fourth-order valence-corrected chi connectivity index (χ4v) is 4.39. The molecule has 0 amide bonds. The summed E-state index contributed by atoms with van der Waals surface area (Å²) in [4.78, 5) is 39.7. The molecule has 8 nitrogen and oxygen atoms in total. The van der Waals surface area contributed by atoms with Crippen molar-refractivity contribution in [3.8, 4) is 0 Å². The van der Waals surface area contributed by atoms with Crippen LogP contribution in [-0.4, -0.2) is 26.5 Å². The molecule has 31 heavy (non-hydrogen) atoms. The maximum atomic E-state index is 13.5. The Kier molecular flexibility index (Phi) is 4.11. The van der Waals surface area contributed by atoms with Crippen LogP contribution in [-0.2, 0) is 16.6 Å². The van der Waals surface area contributed by atoms with Crippen molar-refractivity contribution >= 4 is 33.5 Å². The Labute approximate surface area is 176 Å². The van der Waals surface area contributed by atoms with Crippen molar-refractivity contribution in [3.05, 3.63) is 86.6 Å². The van der Waals surface area contributed by atoms with Gasteiger partial charge in [-0.05, 0) is 36.6 Å². The van der Waals surface area contributed by atoms with E-state index in [4.69, 9.17) is 10.5 Å². The van der Waals surface area contributed by atoms with Gasteiger partial charge in [0, 0.05) is 18.3 Å². The fraction of sp³-hybridized carbons (Fsp3) is 0.174. The molecule has 1 aliphatic rings. The Balaban J connectivity index is 1.91. The molecule has 5 rings (SSSR count). The standard InChI is InChI=1S/C23H20N4O4/c1-3-31-23(30)18-19(17-12-13-8-4-7-11-16(13)25(17)2)26-21(28)14-9-5-6-10-15(14)22(29)27(26)20(18)24/h4-12,19H,3,24H2,1-2H3. The van der Waals surface area contributed by atoms with Gasteiger partial charge in [-0.25, -0.2) is 9.48 Å². The lowest BCUT2D eigenvalue weighted by molar-refractivity contribution is -0.138. The van der Waals surface area contributed by atoms with Gasteiger partial charge in [-0.3, -0.25) is 9.59 Å². The number of hydrogen-bond donors (Lipinski definition) is 1. The molecule has 0 radical (unpaired) electrons. The molecule has 156 valence electrons. The average molecular weight is 416 g/mol. The van der Waals surface area contributed by atoms with E-state index in [1.165, 1.54) is 4.68 Å². The van der Waals surface area contributed by atoms with E-state index in [1.807, 2.05) is 41.9 Å². The zero-order valence-electron chi connectivity index (χ0n) is 17.0. The minimum Gasteiger partial charge on any atom is -0.462 e. The van der Waals surface area contributed by atoms with E-state index in [1.54, 1.807) is 31.2 Å². The van der Waals surface area contributed by atoms with Gasteiger partial charge in [0.15, 0.2) is 0 Å². The fourth-order valence-electron chi connectivity index (χ4n) is 4.39. The number of aryl methyl sites for hydroxylation is 1. The number of para-hydroxylation sites is 1. The van der Waals surface area contributed by atoms with E-state index < -0.39 is 23.1 Å². The highest BCUT2D eigenvalue weighted by molar-refractivity contribution is 5.97. The Morgan fingerprint density at radius 1 is 1.03 bits per heavy atom. The minimum absolute atomic E-state index is 0.0715. The second-order valence-corrected chi connectivity index (χ2v) is 7.42. The number of ether oxygens (including phenoxy) is 1. The summed E-state index contributed by atoms with van der Waals surface area (Å²) in [6.07, 6.45) is 0. The van der Waals surface area contributed by atoms with Crippen molar-refractivity contribution in [1.82, 2.24) is 13.9 Å².